The summed E-state index contributed by atoms with van der Waals surface area (Å²) in [6.07, 6.45) is 5.49. The summed E-state index contributed by atoms with van der Waals surface area (Å²) < 4.78 is 0. The highest BCUT2D eigenvalue weighted by Crippen LogP contribution is 2.18. The zero-order valence-corrected chi connectivity index (χ0v) is 9.80. The van der Waals surface area contributed by atoms with Crippen LogP contribution in [0.15, 0.2) is 16.8 Å². The second-order valence-corrected chi connectivity index (χ2v) is 5.07. The van der Waals surface area contributed by atoms with Crippen molar-refractivity contribution in [3.63, 3.8) is 0 Å². The van der Waals surface area contributed by atoms with Gasteiger partial charge in [-0.05, 0) is 48.2 Å². The summed E-state index contributed by atoms with van der Waals surface area (Å²) in [5.41, 5.74) is 1.40. The van der Waals surface area contributed by atoms with Gasteiger partial charge in [-0.3, -0.25) is 0 Å². The van der Waals surface area contributed by atoms with Gasteiger partial charge in [-0.1, -0.05) is 12.8 Å². The third-order valence-corrected chi connectivity index (χ3v) is 3.86. The molecule has 1 aliphatic carbocycles. The Morgan fingerprint density at radius 3 is 3.00 bits per heavy atom. The summed E-state index contributed by atoms with van der Waals surface area (Å²) in [4.78, 5) is 0. The molecule has 15 heavy (non-hydrogen) atoms. The quantitative estimate of drug-likeness (QED) is 0.823. The highest BCUT2D eigenvalue weighted by Gasteiger charge is 2.21. The first-order chi connectivity index (χ1) is 7.36. The van der Waals surface area contributed by atoms with Crippen LogP contribution < -0.4 is 5.32 Å². The van der Waals surface area contributed by atoms with E-state index in [4.69, 9.17) is 0 Å². The van der Waals surface area contributed by atoms with Crippen molar-refractivity contribution in [3.8, 4) is 0 Å². The van der Waals surface area contributed by atoms with Crippen LogP contribution >= 0.6 is 11.3 Å². The first-order valence-corrected chi connectivity index (χ1v) is 6.73. The third kappa shape index (κ3) is 3.30. The topological polar surface area (TPSA) is 32.3 Å². The Morgan fingerprint density at radius 2 is 2.27 bits per heavy atom. The second-order valence-electron chi connectivity index (χ2n) is 4.29. The fourth-order valence-electron chi connectivity index (χ4n) is 2.19. The molecule has 1 aromatic heterocycles. The van der Waals surface area contributed by atoms with Crippen LogP contribution in [0, 0.1) is 0 Å². The first kappa shape index (κ1) is 11.1. The van der Waals surface area contributed by atoms with E-state index >= 15 is 0 Å². The van der Waals surface area contributed by atoms with E-state index < -0.39 is 0 Å². The Morgan fingerprint density at radius 1 is 1.40 bits per heavy atom. The van der Waals surface area contributed by atoms with Gasteiger partial charge in [-0.2, -0.15) is 11.3 Å². The summed E-state index contributed by atoms with van der Waals surface area (Å²) >= 11 is 1.75. The van der Waals surface area contributed by atoms with E-state index in [-0.39, 0.29) is 6.10 Å². The number of rotatable bonds is 4. The van der Waals surface area contributed by atoms with E-state index in [2.05, 4.69) is 22.1 Å². The van der Waals surface area contributed by atoms with Crippen LogP contribution in [0.3, 0.4) is 0 Å². The van der Waals surface area contributed by atoms with Crippen molar-refractivity contribution in [2.45, 2.75) is 44.2 Å². The van der Waals surface area contributed by atoms with Crippen LogP contribution in [0.25, 0.3) is 0 Å². The molecule has 2 rings (SSSR count). The Balaban J connectivity index is 1.68. The van der Waals surface area contributed by atoms with Gasteiger partial charge in [0, 0.05) is 6.04 Å². The van der Waals surface area contributed by atoms with Gasteiger partial charge in [0.05, 0.1) is 6.10 Å². The van der Waals surface area contributed by atoms with E-state index in [0.29, 0.717) is 6.04 Å². The van der Waals surface area contributed by atoms with E-state index in [9.17, 15) is 5.11 Å². The number of aliphatic hydroxyl groups excluding tert-OH is 1. The van der Waals surface area contributed by atoms with Crippen molar-refractivity contribution in [3.05, 3.63) is 22.4 Å². The molecule has 3 heteroatoms. The average Bonchev–Trinajstić information content (AvgIpc) is 2.74. The Bertz CT molecular complexity index is 273. The minimum Gasteiger partial charge on any atom is -0.392 e. The van der Waals surface area contributed by atoms with E-state index in [1.165, 1.54) is 18.4 Å². The molecule has 1 aromatic rings. The molecule has 0 saturated heterocycles. The van der Waals surface area contributed by atoms with E-state index in [1.807, 2.05) is 0 Å². The summed E-state index contributed by atoms with van der Waals surface area (Å²) in [5, 5.41) is 17.5. The van der Waals surface area contributed by atoms with Gasteiger partial charge in [0.1, 0.15) is 0 Å². The summed E-state index contributed by atoms with van der Waals surface area (Å²) in [7, 11) is 0. The van der Waals surface area contributed by atoms with Crippen molar-refractivity contribution in [1.82, 2.24) is 5.32 Å². The predicted molar refractivity (Wildman–Crippen MR) is 64.3 cm³/mol. The molecule has 1 aliphatic rings. The molecule has 2 nitrogen and oxygen atoms in total. The van der Waals surface area contributed by atoms with Crippen molar-refractivity contribution in [2.75, 3.05) is 6.54 Å². The molecule has 0 bridgehead atoms. The molecule has 1 fully saturated rings. The second kappa shape index (κ2) is 5.64. The van der Waals surface area contributed by atoms with Crippen LogP contribution in [0.1, 0.15) is 31.2 Å². The minimum absolute atomic E-state index is 0.124. The zero-order valence-electron chi connectivity index (χ0n) is 8.98. The molecule has 0 aliphatic heterocycles. The van der Waals surface area contributed by atoms with Gasteiger partial charge in [-0.25, -0.2) is 0 Å². The van der Waals surface area contributed by atoms with Gasteiger partial charge in [0.2, 0.25) is 0 Å². The Kier molecular flexibility index (Phi) is 4.18. The van der Waals surface area contributed by atoms with Crippen molar-refractivity contribution in [2.24, 2.45) is 0 Å². The lowest BCUT2D eigenvalue weighted by molar-refractivity contribution is 0.0914. The molecule has 84 valence electrons. The highest BCUT2D eigenvalue weighted by atomic mass is 32.1. The number of hydrogen-bond donors (Lipinski definition) is 2. The number of hydrogen-bond acceptors (Lipinski definition) is 3. The lowest BCUT2D eigenvalue weighted by Gasteiger charge is -2.28. The number of aliphatic hydroxyl groups is 1. The summed E-state index contributed by atoms with van der Waals surface area (Å²) in [5.74, 6) is 0. The van der Waals surface area contributed by atoms with Crippen LogP contribution in [0.2, 0.25) is 0 Å². The van der Waals surface area contributed by atoms with Gasteiger partial charge in [0.15, 0.2) is 0 Å². The van der Waals surface area contributed by atoms with Crippen molar-refractivity contribution in [1.29, 1.82) is 0 Å². The molecule has 0 amide bonds. The fraction of sp³-hybridized carbons (Fsp3) is 0.667. The molecule has 2 atom stereocenters. The molecule has 0 radical (unpaired) electrons. The highest BCUT2D eigenvalue weighted by molar-refractivity contribution is 7.07. The minimum atomic E-state index is -0.124. The molecule has 0 spiro atoms. The maximum Gasteiger partial charge on any atom is 0.0693 e. The predicted octanol–water partition coefficient (Wildman–Crippen LogP) is 2.18. The smallest absolute Gasteiger partial charge is 0.0693 e. The lowest BCUT2D eigenvalue weighted by Crippen LogP contribution is -2.42. The van der Waals surface area contributed by atoms with Crippen LogP contribution in [0.4, 0.5) is 0 Å². The molecular formula is C12H19NOS. The van der Waals surface area contributed by atoms with Gasteiger partial charge in [0.25, 0.3) is 0 Å². The monoisotopic (exact) mass is 225 g/mol. The van der Waals surface area contributed by atoms with Crippen LogP contribution in [0.5, 0.6) is 0 Å². The maximum absolute atomic E-state index is 9.77. The van der Waals surface area contributed by atoms with Crippen molar-refractivity contribution >= 4 is 11.3 Å². The van der Waals surface area contributed by atoms with E-state index in [0.717, 1.165) is 25.8 Å². The summed E-state index contributed by atoms with van der Waals surface area (Å²) in [6, 6.07) is 2.50. The largest absolute Gasteiger partial charge is 0.392 e. The van der Waals surface area contributed by atoms with Gasteiger partial charge >= 0.3 is 0 Å². The van der Waals surface area contributed by atoms with Gasteiger partial charge < -0.3 is 10.4 Å². The summed E-state index contributed by atoms with van der Waals surface area (Å²) in [6.45, 7) is 0.985. The lowest BCUT2D eigenvalue weighted by atomic mass is 9.92. The molecule has 1 saturated carbocycles. The van der Waals surface area contributed by atoms with Gasteiger partial charge in [-0.15, -0.1) is 0 Å². The first-order valence-electron chi connectivity index (χ1n) is 5.79. The molecule has 2 N–H and O–H groups in total. The van der Waals surface area contributed by atoms with Crippen molar-refractivity contribution < 1.29 is 5.11 Å². The fourth-order valence-corrected chi connectivity index (χ4v) is 2.89. The molecule has 0 aromatic carbocycles. The Labute approximate surface area is 95.3 Å². The Hall–Kier alpha value is -0.380. The molecular weight excluding hydrogens is 206 g/mol. The number of nitrogens with one attached hydrogen (secondary N) is 1. The average molecular weight is 225 g/mol. The maximum atomic E-state index is 9.77. The third-order valence-electron chi connectivity index (χ3n) is 3.13. The molecule has 1 heterocycles. The zero-order chi connectivity index (χ0) is 10.5. The SMILES string of the molecule is O[C@@H]1CCCC[C@H]1NCCc1ccsc1. The number of thiophene rings is 1. The van der Waals surface area contributed by atoms with Crippen LogP contribution in [-0.2, 0) is 6.42 Å². The normalized spacial score (nSPS) is 26.7. The molecule has 0 unspecified atom stereocenters. The van der Waals surface area contributed by atoms with E-state index in [1.54, 1.807) is 11.3 Å². The standard InChI is InChI=1S/C12H19NOS/c14-12-4-2-1-3-11(12)13-7-5-10-6-8-15-9-10/h6,8-9,11-14H,1-5,7H2/t11-,12-/m1/s1. The van der Waals surface area contributed by atoms with Crippen LogP contribution in [-0.4, -0.2) is 23.8 Å².